The maximum atomic E-state index is 12.3. The second-order valence-corrected chi connectivity index (χ2v) is 7.05. The van der Waals surface area contributed by atoms with E-state index in [1.54, 1.807) is 48.5 Å². The molecular formula is C24H27NO6. The van der Waals surface area contributed by atoms with Crippen LogP contribution in [0.5, 0.6) is 5.75 Å². The molecule has 1 N–H and O–H groups in total. The van der Waals surface area contributed by atoms with Crippen molar-refractivity contribution in [2.45, 2.75) is 46.1 Å². The first-order chi connectivity index (χ1) is 14.8. The van der Waals surface area contributed by atoms with Gasteiger partial charge in [-0.25, -0.2) is 0 Å². The summed E-state index contributed by atoms with van der Waals surface area (Å²) < 4.78 is 10.6. The summed E-state index contributed by atoms with van der Waals surface area (Å²) >= 11 is 0. The molecule has 2 rings (SSSR count). The first-order valence-electron chi connectivity index (χ1n) is 10.2. The largest absolute Gasteiger partial charge is 0.494 e. The van der Waals surface area contributed by atoms with Crippen molar-refractivity contribution in [2.75, 3.05) is 11.9 Å². The minimum atomic E-state index is -1.02. The van der Waals surface area contributed by atoms with Gasteiger partial charge in [-0.3, -0.25) is 19.2 Å². The lowest BCUT2D eigenvalue weighted by molar-refractivity contribution is -0.153. The number of ether oxygens (including phenoxy) is 2. The highest BCUT2D eigenvalue weighted by Crippen LogP contribution is 2.15. The van der Waals surface area contributed by atoms with Crippen LogP contribution < -0.4 is 10.1 Å². The van der Waals surface area contributed by atoms with Gasteiger partial charge in [-0.15, -0.1) is 0 Å². The summed E-state index contributed by atoms with van der Waals surface area (Å²) in [6.45, 7) is 5.52. The van der Waals surface area contributed by atoms with E-state index in [0.29, 0.717) is 29.2 Å². The maximum Gasteiger partial charge on any atom is 0.307 e. The fourth-order valence-electron chi connectivity index (χ4n) is 2.66. The van der Waals surface area contributed by atoms with Crippen molar-refractivity contribution >= 4 is 29.1 Å². The Kier molecular flexibility index (Phi) is 8.94. The quantitative estimate of drug-likeness (QED) is 0.428. The number of carbonyl (C=O) groups excluding carboxylic acids is 4. The Morgan fingerprint density at radius 2 is 1.52 bits per heavy atom. The van der Waals surface area contributed by atoms with Crippen LogP contribution in [0.2, 0.25) is 0 Å². The molecule has 0 aliphatic carbocycles. The van der Waals surface area contributed by atoms with E-state index in [2.05, 4.69) is 5.32 Å². The van der Waals surface area contributed by atoms with E-state index in [9.17, 15) is 19.2 Å². The van der Waals surface area contributed by atoms with Gasteiger partial charge in [0.15, 0.2) is 17.7 Å². The topological polar surface area (TPSA) is 98.8 Å². The van der Waals surface area contributed by atoms with Gasteiger partial charge in [-0.05, 0) is 68.8 Å². The molecule has 1 amide bonds. The van der Waals surface area contributed by atoms with Crippen molar-refractivity contribution in [1.82, 2.24) is 0 Å². The number of nitrogens with one attached hydrogen (secondary N) is 1. The monoisotopic (exact) mass is 425 g/mol. The lowest BCUT2D eigenvalue weighted by Crippen LogP contribution is -2.30. The van der Waals surface area contributed by atoms with Gasteiger partial charge in [0.2, 0.25) is 0 Å². The summed E-state index contributed by atoms with van der Waals surface area (Å²) in [4.78, 5) is 47.8. The molecule has 0 aliphatic heterocycles. The molecule has 7 nitrogen and oxygen atoms in total. The van der Waals surface area contributed by atoms with Crippen LogP contribution in [0.1, 0.15) is 60.7 Å². The van der Waals surface area contributed by atoms with Gasteiger partial charge in [-0.2, -0.15) is 0 Å². The number of ketones is 2. The van der Waals surface area contributed by atoms with Crippen molar-refractivity contribution in [3.05, 3.63) is 59.7 Å². The van der Waals surface area contributed by atoms with Crippen molar-refractivity contribution in [1.29, 1.82) is 0 Å². The molecule has 0 saturated heterocycles. The number of benzene rings is 2. The fourth-order valence-corrected chi connectivity index (χ4v) is 2.66. The molecule has 2 aromatic carbocycles. The highest BCUT2D eigenvalue weighted by Gasteiger charge is 2.19. The van der Waals surface area contributed by atoms with Crippen molar-refractivity contribution in [3.63, 3.8) is 0 Å². The van der Waals surface area contributed by atoms with Crippen LogP contribution in [0.15, 0.2) is 48.5 Å². The van der Waals surface area contributed by atoms with Gasteiger partial charge in [0.25, 0.3) is 5.91 Å². The van der Waals surface area contributed by atoms with Crippen LogP contribution in [0.25, 0.3) is 0 Å². The van der Waals surface area contributed by atoms with Crippen LogP contribution in [0.4, 0.5) is 5.69 Å². The van der Waals surface area contributed by atoms with Crippen LogP contribution in [0.3, 0.4) is 0 Å². The summed E-state index contributed by atoms with van der Waals surface area (Å²) in [5.41, 5.74) is 1.50. The van der Waals surface area contributed by atoms with Gasteiger partial charge >= 0.3 is 5.97 Å². The number of hydrogen-bond acceptors (Lipinski definition) is 6. The van der Waals surface area contributed by atoms with E-state index in [1.807, 2.05) is 6.92 Å². The first kappa shape index (κ1) is 23.8. The zero-order chi connectivity index (χ0) is 22.8. The van der Waals surface area contributed by atoms with Crippen LogP contribution in [-0.2, 0) is 14.3 Å². The average Bonchev–Trinajstić information content (AvgIpc) is 2.76. The Balaban J connectivity index is 1.78. The van der Waals surface area contributed by atoms with Gasteiger partial charge in [0.05, 0.1) is 13.0 Å². The Labute approximate surface area is 181 Å². The molecule has 164 valence electrons. The molecule has 7 heteroatoms. The van der Waals surface area contributed by atoms with E-state index in [-0.39, 0.29) is 24.4 Å². The number of carbonyl (C=O) groups is 4. The summed E-state index contributed by atoms with van der Waals surface area (Å²) in [5, 5.41) is 2.62. The van der Waals surface area contributed by atoms with Gasteiger partial charge < -0.3 is 14.8 Å². The van der Waals surface area contributed by atoms with E-state index in [4.69, 9.17) is 9.47 Å². The number of Topliss-reactive ketones (excluding diaryl/α,β-unsaturated/α-hetero) is 2. The average molecular weight is 425 g/mol. The highest BCUT2D eigenvalue weighted by atomic mass is 16.5. The Morgan fingerprint density at radius 3 is 2.10 bits per heavy atom. The van der Waals surface area contributed by atoms with E-state index in [1.165, 1.54) is 13.8 Å². The lowest BCUT2D eigenvalue weighted by Gasteiger charge is -2.13. The van der Waals surface area contributed by atoms with Gasteiger partial charge in [0, 0.05) is 23.2 Å². The number of rotatable bonds is 11. The molecule has 1 unspecified atom stereocenters. The second-order valence-electron chi connectivity index (χ2n) is 7.05. The van der Waals surface area contributed by atoms with Crippen molar-refractivity contribution in [2.24, 2.45) is 0 Å². The summed E-state index contributed by atoms with van der Waals surface area (Å²) in [6.07, 6.45) is -0.275. The molecule has 2 aromatic rings. The summed E-state index contributed by atoms with van der Waals surface area (Å²) in [6, 6.07) is 13.2. The lowest BCUT2D eigenvalue weighted by atomic mass is 10.1. The molecule has 0 bridgehead atoms. The predicted octanol–water partition coefficient (Wildman–Crippen LogP) is 4.21. The molecule has 0 spiro atoms. The summed E-state index contributed by atoms with van der Waals surface area (Å²) in [7, 11) is 0. The van der Waals surface area contributed by atoms with Gasteiger partial charge in [-0.1, -0.05) is 6.92 Å². The number of esters is 1. The van der Waals surface area contributed by atoms with Crippen molar-refractivity contribution < 1.29 is 28.7 Å². The van der Waals surface area contributed by atoms with Crippen molar-refractivity contribution in [3.8, 4) is 5.75 Å². The molecule has 0 heterocycles. The second kappa shape index (κ2) is 11.6. The fraction of sp³-hybridized carbons (Fsp3) is 0.333. The zero-order valence-electron chi connectivity index (χ0n) is 18.0. The van der Waals surface area contributed by atoms with Gasteiger partial charge in [0.1, 0.15) is 5.75 Å². The third-order valence-corrected chi connectivity index (χ3v) is 4.44. The first-order valence-corrected chi connectivity index (χ1v) is 10.2. The SMILES string of the molecule is CCCOc1ccc(C(=O)CCC(=O)OC(C)C(=O)Nc2ccc(C(C)=O)cc2)cc1. The van der Waals surface area contributed by atoms with E-state index < -0.39 is 18.0 Å². The number of hydrogen-bond donors (Lipinski definition) is 1. The molecule has 0 radical (unpaired) electrons. The Morgan fingerprint density at radius 1 is 0.903 bits per heavy atom. The summed E-state index contributed by atoms with van der Waals surface area (Å²) in [5.74, 6) is -0.713. The minimum absolute atomic E-state index is 0.0190. The Bertz CT molecular complexity index is 918. The molecular weight excluding hydrogens is 398 g/mol. The molecule has 1 atom stereocenters. The molecule has 0 fully saturated rings. The minimum Gasteiger partial charge on any atom is -0.494 e. The molecule has 0 saturated carbocycles. The maximum absolute atomic E-state index is 12.3. The third-order valence-electron chi connectivity index (χ3n) is 4.44. The zero-order valence-corrected chi connectivity index (χ0v) is 18.0. The standard InChI is InChI=1S/C24H27NO6/c1-4-15-30-21-11-7-19(8-12-21)22(27)13-14-23(28)31-17(3)24(29)25-20-9-5-18(6-10-20)16(2)26/h5-12,17H,4,13-15H2,1-3H3,(H,25,29). The molecule has 31 heavy (non-hydrogen) atoms. The number of amides is 1. The third kappa shape index (κ3) is 7.70. The van der Waals surface area contributed by atoms with E-state index >= 15 is 0 Å². The smallest absolute Gasteiger partial charge is 0.307 e. The van der Waals surface area contributed by atoms with E-state index in [0.717, 1.165) is 6.42 Å². The highest BCUT2D eigenvalue weighted by molar-refractivity contribution is 5.99. The molecule has 0 aliphatic rings. The van der Waals surface area contributed by atoms with Crippen LogP contribution in [0, 0.1) is 0 Å². The normalized spacial score (nSPS) is 11.3. The number of anilines is 1. The van der Waals surface area contributed by atoms with Crippen LogP contribution >= 0.6 is 0 Å². The Hall–Kier alpha value is -3.48. The molecule has 0 aromatic heterocycles. The van der Waals surface area contributed by atoms with Crippen LogP contribution in [-0.4, -0.2) is 36.2 Å². The predicted molar refractivity (Wildman–Crippen MR) is 116 cm³/mol.